The summed E-state index contributed by atoms with van der Waals surface area (Å²) in [6.07, 6.45) is 0. The molecule has 1 N–H and O–H groups in total. The molecule has 2 rings (SSSR count). The van der Waals surface area contributed by atoms with Gasteiger partial charge in [-0.1, -0.05) is 42.5 Å². The Labute approximate surface area is 106 Å². The van der Waals surface area contributed by atoms with E-state index < -0.39 is 5.97 Å². The Morgan fingerprint density at radius 1 is 1.11 bits per heavy atom. The predicted octanol–water partition coefficient (Wildman–Crippen LogP) is 3.45. The number of benzene rings is 2. The molecule has 0 aliphatic rings. The molecule has 0 bridgehead atoms. The molecular formula is C15H14O3. The number of rotatable bonds is 4. The Bertz CT molecular complexity index is 547. The number of carboxylic acids is 1. The number of hydrogen-bond donors (Lipinski definition) is 1. The number of carboxylic acid groups (broad SMARTS) is 1. The van der Waals surface area contributed by atoms with Gasteiger partial charge < -0.3 is 9.84 Å². The van der Waals surface area contributed by atoms with Gasteiger partial charge in [0.15, 0.2) is 0 Å². The largest absolute Gasteiger partial charge is 0.492 e. The zero-order valence-electron chi connectivity index (χ0n) is 10.1. The quantitative estimate of drug-likeness (QED) is 0.893. The summed E-state index contributed by atoms with van der Waals surface area (Å²) < 4.78 is 5.50. The maximum Gasteiger partial charge on any atom is 0.339 e. The summed E-state index contributed by atoms with van der Waals surface area (Å²) in [7, 11) is 0. The highest BCUT2D eigenvalue weighted by Crippen LogP contribution is 2.33. The fourth-order valence-corrected chi connectivity index (χ4v) is 1.85. The highest BCUT2D eigenvalue weighted by molar-refractivity contribution is 5.94. The third-order valence-electron chi connectivity index (χ3n) is 2.62. The van der Waals surface area contributed by atoms with Crippen LogP contribution < -0.4 is 4.74 Å². The van der Waals surface area contributed by atoms with Crippen molar-refractivity contribution in [2.24, 2.45) is 0 Å². The normalized spacial score (nSPS) is 10.1. The monoisotopic (exact) mass is 242 g/mol. The second-order valence-electron chi connectivity index (χ2n) is 3.79. The molecule has 0 radical (unpaired) electrons. The maximum absolute atomic E-state index is 11.2. The van der Waals surface area contributed by atoms with Crippen LogP contribution in [0.25, 0.3) is 11.1 Å². The Balaban J connectivity index is 2.60. The Hall–Kier alpha value is -2.29. The highest BCUT2D eigenvalue weighted by Gasteiger charge is 2.15. The molecule has 0 spiro atoms. The summed E-state index contributed by atoms with van der Waals surface area (Å²) in [4.78, 5) is 11.2. The van der Waals surface area contributed by atoms with E-state index in [-0.39, 0.29) is 5.56 Å². The first-order valence-corrected chi connectivity index (χ1v) is 5.78. The molecule has 92 valence electrons. The zero-order valence-corrected chi connectivity index (χ0v) is 10.1. The molecule has 0 aliphatic heterocycles. The summed E-state index contributed by atoms with van der Waals surface area (Å²) in [5, 5.41) is 9.18. The Morgan fingerprint density at radius 3 is 2.44 bits per heavy atom. The third-order valence-corrected chi connectivity index (χ3v) is 2.62. The van der Waals surface area contributed by atoms with Gasteiger partial charge in [0.05, 0.1) is 6.61 Å². The molecule has 0 amide bonds. The van der Waals surface area contributed by atoms with E-state index >= 15 is 0 Å². The van der Waals surface area contributed by atoms with Crippen LogP contribution in [-0.2, 0) is 0 Å². The van der Waals surface area contributed by atoms with E-state index in [1.54, 1.807) is 12.1 Å². The van der Waals surface area contributed by atoms with E-state index in [9.17, 15) is 9.90 Å². The second kappa shape index (κ2) is 5.36. The van der Waals surface area contributed by atoms with Crippen LogP contribution in [0, 0.1) is 0 Å². The zero-order chi connectivity index (χ0) is 13.0. The minimum Gasteiger partial charge on any atom is -0.492 e. The first-order valence-electron chi connectivity index (χ1n) is 5.78. The van der Waals surface area contributed by atoms with Gasteiger partial charge in [0.2, 0.25) is 0 Å². The van der Waals surface area contributed by atoms with Crippen molar-refractivity contribution < 1.29 is 14.6 Å². The minimum absolute atomic E-state index is 0.193. The van der Waals surface area contributed by atoms with E-state index in [1.807, 2.05) is 43.3 Å². The molecule has 0 aromatic heterocycles. The third kappa shape index (κ3) is 2.35. The van der Waals surface area contributed by atoms with Crippen molar-refractivity contribution in [3.05, 3.63) is 54.1 Å². The molecule has 3 nitrogen and oxygen atoms in total. The average molecular weight is 242 g/mol. The summed E-state index contributed by atoms with van der Waals surface area (Å²) in [6.45, 7) is 2.28. The van der Waals surface area contributed by atoms with Crippen molar-refractivity contribution in [1.82, 2.24) is 0 Å². The molecule has 0 saturated heterocycles. The summed E-state index contributed by atoms with van der Waals surface area (Å²) in [6, 6.07) is 14.8. The number of hydrogen-bond acceptors (Lipinski definition) is 2. The van der Waals surface area contributed by atoms with Crippen LogP contribution in [0.2, 0.25) is 0 Å². The van der Waals surface area contributed by atoms with Crippen LogP contribution in [-0.4, -0.2) is 17.7 Å². The van der Waals surface area contributed by atoms with Gasteiger partial charge in [-0.15, -0.1) is 0 Å². The molecule has 0 saturated carbocycles. The van der Waals surface area contributed by atoms with Crippen molar-refractivity contribution in [2.75, 3.05) is 6.61 Å². The Morgan fingerprint density at radius 2 is 1.83 bits per heavy atom. The lowest BCUT2D eigenvalue weighted by Gasteiger charge is -2.13. The number of carbonyl (C=O) groups is 1. The van der Waals surface area contributed by atoms with Gasteiger partial charge in [-0.25, -0.2) is 4.79 Å². The fraction of sp³-hybridized carbons (Fsp3) is 0.133. The number of aromatic carboxylic acids is 1. The van der Waals surface area contributed by atoms with Crippen LogP contribution in [0.3, 0.4) is 0 Å². The van der Waals surface area contributed by atoms with Crippen molar-refractivity contribution in [3.63, 3.8) is 0 Å². The smallest absolute Gasteiger partial charge is 0.339 e. The number of ether oxygens (including phenoxy) is 1. The van der Waals surface area contributed by atoms with Crippen LogP contribution >= 0.6 is 0 Å². The molecular weight excluding hydrogens is 228 g/mol. The van der Waals surface area contributed by atoms with E-state index in [1.165, 1.54) is 0 Å². The van der Waals surface area contributed by atoms with Crippen molar-refractivity contribution in [2.45, 2.75) is 6.92 Å². The summed E-state index contributed by atoms with van der Waals surface area (Å²) >= 11 is 0. The molecule has 18 heavy (non-hydrogen) atoms. The van der Waals surface area contributed by atoms with E-state index in [0.29, 0.717) is 12.4 Å². The van der Waals surface area contributed by atoms with Gasteiger partial charge in [-0.05, 0) is 18.6 Å². The van der Waals surface area contributed by atoms with E-state index in [2.05, 4.69) is 0 Å². The second-order valence-corrected chi connectivity index (χ2v) is 3.79. The van der Waals surface area contributed by atoms with Gasteiger partial charge >= 0.3 is 5.97 Å². The molecule has 0 fully saturated rings. The summed E-state index contributed by atoms with van der Waals surface area (Å²) in [5.74, 6) is -0.546. The molecule has 0 heterocycles. The molecule has 2 aromatic carbocycles. The molecule has 3 heteroatoms. The first-order chi connectivity index (χ1) is 8.74. The number of para-hydroxylation sites is 1. The molecule has 2 aromatic rings. The topological polar surface area (TPSA) is 46.5 Å². The first kappa shape index (κ1) is 12.2. The average Bonchev–Trinajstić information content (AvgIpc) is 2.40. The van der Waals surface area contributed by atoms with E-state index in [4.69, 9.17) is 4.74 Å². The highest BCUT2D eigenvalue weighted by atomic mass is 16.5. The van der Waals surface area contributed by atoms with Crippen LogP contribution in [0.15, 0.2) is 48.5 Å². The van der Waals surface area contributed by atoms with Crippen molar-refractivity contribution in [1.29, 1.82) is 0 Å². The van der Waals surface area contributed by atoms with Gasteiger partial charge in [0, 0.05) is 5.56 Å². The van der Waals surface area contributed by atoms with Crippen molar-refractivity contribution >= 4 is 5.97 Å². The lowest BCUT2D eigenvalue weighted by molar-refractivity contribution is 0.0692. The van der Waals surface area contributed by atoms with Crippen LogP contribution in [0.5, 0.6) is 5.75 Å². The maximum atomic E-state index is 11.2. The standard InChI is InChI=1S/C15H14O3/c1-2-18-14-12(11-7-4-3-5-8-11)9-6-10-13(14)15(16)17/h3-10H,2H2,1H3,(H,16,17). The van der Waals surface area contributed by atoms with Crippen molar-refractivity contribution in [3.8, 4) is 16.9 Å². The fourth-order valence-electron chi connectivity index (χ4n) is 1.85. The molecule has 0 atom stereocenters. The molecule has 0 unspecified atom stereocenters. The minimum atomic E-state index is -0.976. The van der Waals surface area contributed by atoms with Gasteiger partial charge in [0.1, 0.15) is 11.3 Å². The molecule has 0 aliphatic carbocycles. The van der Waals surface area contributed by atoms with Crippen LogP contribution in [0.4, 0.5) is 0 Å². The van der Waals surface area contributed by atoms with Crippen LogP contribution in [0.1, 0.15) is 17.3 Å². The van der Waals surface area contributed by atoms with Gasteiger partial charge in [0.25, 0.3) is 0 Å². The van der Waals surface area contributed by atoms with E-state index in [0.717, 1.165) is 11.1 Å². The lowest BCUT2D eigenvalue weighted by atomic mass is 10.0. The lowest BCUT2D eigenvalue weighted by Crippen LogP contribution is -2.04. The van der Waals surface area contributed by atoms with Gasteiger partial charge in [-0.3, -0.25) is 0 Å². The van der Waals surface area contributed by atoms with Gasteiger partial charge in [-0.2, -0.15) is 0 Å². The predicted molar refractivity (Wildman–Crippen MR) is 70.0 cm³/mol. The summed E-state index contributed by atoms with van der Waals surface area (Å²) in [5.41, 5.74) is 1.94. The SMILES string of the molecule is CCOc1c(C(=O)O)cccc1-c1ccccc1. The Kier molecular flexibility index (Phi) is 3.63.